The minimum Gasteiger partial charge on any atom is -0.506 e. The van der Waals surface area contributed by atoms with Crippen molar-refractivity contribution in [2.75, 3.05) is 28.3 Å². The van der Waals surface area contributed by atoms with Crippen LogP contribution >= 0.6 is 0 Å². The van der Waals surface area contributed by atoms with Gasteiger partial charge in [-0.05, 0) is 62.8 Å². The molecule has 0 unspecified atom stereocenters. The van der Waals surface area contributed by atoms with Crippen molar-refractivity contribution in [2.24, 2.45) is 0 Å². The predicted octanol–water partition coefficient (Wildman–Crippen LogP) is 3.42. The zero-order valence-corrected chi connectivity index (χ0v) is 17.7. The number of nitrogens with zero attached hydrogens (tertiary/aromatic N) is 5. The van der Waals surface area contributed by atoms with Crippen LogP contribution in [0.25, 0.3) is 0 Å². The Morgan fingerprint density at radius 2 is 1.74 bits per heavy atom. The van der Waals surface area contributed by atoms with Crippen molar-refractivity contribution < 1.29 is 9.90 Å². The third kappa shape index (κ3) is 3.56. The second-order valence-electron chi connectivity index (χ2n) is 8.82. The first-order valence-corrected chi connectivity index (χ1v) is 11.1. The molecule has 2 heterocycles. The zero-order chi connectivity index (χ0) is 21.5. The SMILES string of the molecule is CN1C(=O)CN([C@H]2CC[C@H](N(c3ccccc3O)C3CC3)CC2)c2nc(C#N)ccc21. The number of aromatic nitrogens is 1. The molecule has 31 heavy (non-hydrogen) atoms. The van der Waals surface area contributed by atoms with Gasteiger partial charge in [-0.3, -0.25) is 4.79 Å². The fraction of sp³-hybridized carbons (Fsp3) is 0.458. The molecular weight excluding hydrogens is 390 g/mol. The lowest BCUT2D eigenvalue weighted by molar-refractivity contribution is -0.117. The highest BCUT2D eigenvalue weighted by atomic mass is 16.3. The van der Waals surface area contributed by atoms with E-state index < -0.39 is 0 Å². The van der Waals surface area contributed by atoms with E-state index in [0.29, 0.717) is 30.1 Å². The summed E-state index contributed by atoms with van der Waals surface area (Å²) in [4.78, 5) is 23.3. The molecule has 7 heteroatoms. The number of pyridine rings is 1. The Kier molecular flexibility index (Phi) is 4.93. The standard InChI is InChI=1S/C24H27N5O2/c1-27-21-13-6-16(14-25)26-24(21)28(15-23(27)31)17-7-9-18(10-8-17)29(19-11-12-19)20-4-2-3-5-22(20)30/h2-6,13,17-19,30H,7-12,15H2,1H3/t17-,18-. The van der Waals surface area contributed by atoms with Crippen molar-refractivity contribution in [1.82, 2.24) is 4.98 Å². The fourth-order valence-electron chi connectivity index (χ4n) is 5.11. The van der Waals surface area contributed by atoms with Crippen LogP contribution in [0.15, 0.2) is 36.4 Å². The van der Waals surface area contributed by atoms with Gasteiger partial charge in [0.25, 0.3) is 0 Å². The summed E-state index contributed by atoms with van der Waals surface area (Å²) in [6, 6.07) is 14.4. The number of nitriles is 1. The molecular formula is C24H27N5O2. The van der Waals surface area contributed by atoms with Crippen molar-refractivity contribution >= 4 is 23.1 Å². The summed E-state index contributed by atoms with van der Waals surface area (Å²) in [7, 11) is 1.77. The van der Waals surface area contributed by atoms with Crippen LogP contribution in [0, 0.1) is 11.3 Å². The van der Waals surface area contributed by atoms with Crippen molar-refractivity contribution in [3.05, 3.63) is 42.1 Å². The first kappa shape index (κ1) is 19.7. The highest BCUT2D eigenvalue weighted by Crippen LogP contribution is 2.42. The van der Waals surface area contributed by atoms with Crippen LogP contribution in [0.5, 0.6) is 5.75 Å². The van der Waals surface area contributed by atoms with Crippen LogP contribution < -0.4 is 14.7 Å². The summed E-state index contributed by atoms with van der Waals surface area (Å²) in [6.45, 7) is 0.298. The van der Waals surface area contributed by atoms with Gasteiger partial charge in [0.1, 0.15) is 17.5 Å². The third-order valence-corrected chi connectivity index (χ3v) is 6.88. The summed E-state index contributed by atoms with van der Waals surface area (Å²) in [5.41, 5.74) is 2.08. The van der Waals surface area contributed by atoms with Gasteiger partial charge in [-0.25, -0.2) is 4.98 Å². The zero-order valence-electron chi connectivity index (χ0n) is 17.7. The van der Waals surface area contributed by atoms with E-state index in [4.69, 9.17) is 0 Å². The van der Waals surface area contributed by atoms with Gasteiger partial charge in [0.05, 0.1) is 17.9 Å². The van der Waals surface area contributed by atoms with E-state index in [9.17, 15) is 15.2 Å². The van der Waals surface area contributed by atoms with E-state index in [1.165, 1.54) is 12.8 Å². The number of carbonyl (C=O) groups excluding carboxylic acids is 1. The molecule has 2 aromatic rings. The average molecular weight is 418 g/mol. The number of benzene rings is 1. The van der Waals surface area contributed by atoms with Crippen LogP contribution in [-0.4, -0.2) is 47.7 Å². The van der Waals surface area contributed by atoms with Crippen LogP contribution in [-0.2, 0) is 4.79 Å². The van der Waals surface area contributed by atoms with Crippen molar-refractivity contribution in [1.29, 1.82) is 5.26 Å². The molecule has 2 fully saturated rings. The summed E-state index contributed by atoms with van der Waals surface area (Å²) >= 11 is 0. The summed E-state index contributed by atoms with van der Waals surface area (Å²) < 4.78 is 0. The third-order valence-electron chi connectivity index (χ3n) is 6.88. The molecule has 2 saturated carbocycles. The lowest BCUT2D eigenvalue weighted by Crippen LogP contribution is -2.51. The van der Waals surface area contributed by atoms with E-state index in [0.717, 1.165) is 42.9 Å². The molecule has 1 N–H and O–H groups in total. The number of carbonyl (C=O) groups is 1. The van der Waals surface area contributed by atoms with Crippen LogP contribution in [0.2, 0.25) is 0 Å². The van der Waals surface area contributed by atoms with Crippen molar-refractivity contribution in [3.63, 3.8) is 0 Å². The van der Waals surface area contributed by atoms with Gasteiger partial charge in [-0.2, -0.15) is 5.26 Å². The molecule has 0 bridgehead atoms. The molecule has 1 aromatic carbocycles. The molecule has 1 aliphatic heterocycles. The Bertz CT molecular complexity index is 1040. The minimum absolute atomic E-state index is 0.0509. The predicted molar refractivity (Wildman–Crippen MR) is 119 cm³/mol. The van der Waals surface area contributed by atoms with Crippen LogP contribution in [0.1, 0.15) is 44.2 Å². The number of rotatable bonds is 4. The summed E-state index contributed by atoms with van der Waals surface area (Å²) in [6.07, 6.45) is 6.27. The second-order valence-corrected chi connectivity index (χ2v) is 8.82. The molecule has 0 atom stereocenters. The molecule has 5 rings (SSSR count). The number of fused-ring (bicyclic) bond motifs is 1. The Balaban J connectivity index is 1.36. The van der Waals surface area contributed by atoms with Gasteiger partial charge in [-0.1, -0.05) is 12.1 Å². The Morgan fingerprint density at radius 1 is 1.06 bits per heavy atom. The molecule has 3 aliphatic rings. The second kappa shape index (κ2) is 7.77. The number of phenolic OH excluding ortho intramolecular Hbond substituents is 1. The molecule has 160 valence electrons. The van der Waals surface area contributed by atoms with E-state index in [1.807, 2.05) is 24.3 Å². The monoisotopic (exact) mass is 417 g/mol. The molecule has 2 aliphatic carbocycles. The Morgan fingerprint density at radius 3 is 2.39 bits per heavy atom. The van der Waals surface area contributed by atoms with Gasteiger partial charge in [-0.15, -0.1) is 0 Å². The fourth-order valence-corrected chi connectivity index (χ4v) is 5.11. The van der Waals surface area contributed by atoms with Crippen molar-refractivity contribution in [3.8, 4) is 11.8 Å². The molecule has 0 spiro atoms. The van der Waals surface area contributed by atoms with E-state index >= 15 is 0 Å². The maximum Gasteiger partial charge on any atom is 0.246 e. The van der Waals surface area contributed by atoms with Crippen LogP contribution in [0.4, 0.5) is 17.2 Å². The smallest absolute Gasteiger partial charge is 0.246 e. The van der Waals surface area contributed by atoms with Gasteiger partial charge < -0.3 is 19.8 Å². The first-order chi connectivity index (χ1) is 15.1. The Hall–Kier alpha value is -3.27. The quantitative estimate of drug-likeness (QED) is 0.821. The molecule has 1 amide bonds. The number of para-hydroxylation sites is 2. The van der Waals surface area contributed by atoms with E-state index in [-0.39, 0.29) is 11.9 Å². The van der Waals surface area contributed by atoms with Crippen molar-refractivity contribution in [2.45, 2.75) is 56.7 Å². The van der Waals surface area contributed by atoms with Gasteiger partial charge in [0.2, 0.25) is 5.91 Å². The largest absolute Gasteiger partial charge is 0.506 e. The molecule has 0 saturated heterocycles. The number of phenols is 1. The maximum absolute atomic E-state index is 12.6. The summed E-state index contributed by atoms with van der Waals surface area (Å²) in [5.74, 6) is 1.14. The maximum atomic E-state index is 12.6. The lowest BCUT2D eigenvalue weighted by Gasteiger charge is -2.44. The van der Waals surface area contributed by atoms with E-state index in [2.05, 4.69) is 20.9 Å². The normalized spacial score (nSPS) is 23.3. The molecule has 7 nitrogen and oxygen atoms in total. The number of likely N-dealkylation sites (N-methyl/N-ethyl adjacent to an activating group) is 1. The van der Waals surface area contributed by atoms with Crippen LogP contribution in [0.3, 0.4) is 0 Å². The van der Waals surface area contributed by atoms with Gasteiger partial charge >= 0.3 is 0 Å². The topological polar surface area (TPSA) is 83.7 Å². The highest BCUT2D eigenvalue weighted by molar-refractivity contribution is 6.02. The average Bonchev–Trinajstić information content (AvgIpc) is 3.63. The number of amides is 1. The van der Waals surface area contributed by atoms with Gasteiger partial charge in [0.15, 0.2) is 5.82 Å². The molecule has 0 radical (unpaired) electrons. The molecule has 1 aromatic heterocycles. The highest BCUT2D eigenvalue weighted by Gasteiger charge is 2.40. The van der Waals surface area contributed by atoms with Gasteiger partial charge in [0, 0.05) is 25.2 Å². The number of aromatic hydroxyl groups is 1. The number of anilines is 3. The van der Waals surface area contributed by atoms with E-state index in [1.54, 1.807) is 24.1 Å². The number of hydrogen-bond acceptors (Lipinski definition) is 6. The lowest BCUT2D eigenvalue weighted by atomic mass is 9.88. The summed E-state index contributed by atoms with van der Waals surface area (Å²) in [5, 5.41) is 19.7. The Labute approximate surface area is 182 Å². The first-order valence-electron chi connectivity index (χ1n) is 11.1. The number of hydrogen-bond donors (Lipinski definition) is 1. The minimum atomic E-state index is 0.0509.